The number of hydrogen-bond acceptors (Lipinski definition) is 4. The number of nitriles is 1. The van der Waals surface area contributed by atoms with E-state index in [9.17, 15) is 0 Å². The molecule has 2 atom stereocenters. The average Bonchev–Trinajstić information content (AvgIpc) is 2.75. The van der Waals surface area contributed by atoms with Gasteiger partial charge in [-0.05, 0) is 26.3 Å². The van der Waals surface area contributed by atoms with Crippen LogP contribution in [0.15, 0.2) is 0 Å². The van der Waals surface area contributed by atoms with Crippen LogP contribution in [0.2, 0.25) is 0 Å². The summed E-state index contributed by atoms with van der Waals surface area (Å²) in [7, 11) is 1.77. The molecule has 2 unspecified atom stereocenters. The summed E-state index contributed by atoms with van der Waals surface area (Å²) in [6, 6.07) is 2.36. The van der Waals surface area contributed by atoms with Crippen molar-refractivity contribution in [3.63, 3.8) is 0 Å². The minimum atomic E-state index is -0.389. The van der Waals surface area contributed by atoms with Crippen LogP contribution in [0.25, 0.3) is 0 Å². The molecule has 0 bridgehead atoms. The number of methoxy groups -OCH3 is 1. The van der Waals surface area contributed by atoms with Gasteiger partial charge in [-0.3, -0.25) is 5.32 Å². The van der Waals surface area contributed by atoms with E-state index in [0.29, 0.717) is 6.10 Å². The van der Waals surface area contributed by atoms with Gasteiger partial charge in [0.05, 0.1) is 12.2 Å². The summed E-state index contributed by atoms with van der Waals surface area (Å²) in [5.41, 5.74) is -0.389. The molecule has 1 aliphatic rings. The topological polar surface area (TPSA) is 48.3 Å². The van der Waals surface area contributed by atoms with Crippen LogP contribution in [0.4, 0.5) is 0 Å². The predicted octanol–water partition coefficient (Wildman–Crippen LogP) is 0.989. The monoisotopic (exact) mass is 225 g/mol. The Morgan fingerprint density at radius 3 is 2.88 bits per heavy atom. The van der Waals surface area contributed by atoms with Gasteiger partial charge in [0.1, 0.15) is 5.54 Å². The zero-order valence-corrected chi connectivity index (χ0v) is 10.6. The van der Waals surface area contributed by atoms with Crippen LogP contribution in [0.1, 0.15) is 26.7 Å². The number of likely N-dealkylation sites (tertiary alicyclic amines) is 1. The Morgan fingerprint density at radius 2 is 2.38 bits per heavy atom. The molecule has 0 aliphatic carbocycles. The summed E-state index contributed by atoms with van der Waals surface area (Å²) < 4.78 is 5.32. The fourth-order valence-electron chi connectivity index (χ4n) is 2.15. The Labute approximate surface area is 98.6 Å². The minimum absolute atomic E-state index is 0.382. The predicted molar refractivity (Wildman–Crippen MR) is 64.2 cm³/mol. The minimum Gasteiger partial charge on any atom is -0.380 e. The van der Waals surface area contributed by atoms with Crippen LogP contribution >= 0.6 is 0 Å². The highest BCUT2D eigenvalue weighted by Gasteiger charge is 2.26. The van der Waals surface area contributed by atoms with Gasteiger partial charge in [0.25, 0.3) is 0 Å². The van der Waals surface area contributed by atoms with Crippen molar-refractivity contribution in [2.75, 3.05) is 33.3 Å². The van der Waals surface area contributed by atoms with Gasteiger partial charge in [0.15, 0.2) is 0 Å². The standard InChI is InChI=1S/C12H23N3O/c1-4-14-12(2,10-13)6-8-15-7-5-11(9-15)16-3/h11,14H,4-9H2,1-3H3. The summed E-state index contributed by atoms with van der Waals surface area (Å²) in [4.78, 5) is 2.38. The van der Waals surface area contributed by atoms with Crippen molar-refractivity contribution in [1.82, 2.24) is 10.2 Å². The van der Waals surface area contributed by atoms with Crippen molar-refractivity contribution in [3.8, 4) is 6.07 Å². The fraction of sp³-hybridized carbons (Fsp3) is 0.917. The summed E-state index contributed by atoms with van der Waals surface area (Å²) in [5, 5.41) is 12.4. The first-order valence-electron chi connectivity index (χ1n) is 6.05. The van der Waals surface area contributed by atoms with Crippen LogP contribution < -0.4 is 5.32 Å². The summed E-state index contributed by atoms with van der Waals surface area (Å²) >= 11 is 0. The van der Waals surface area contributed by atoms with Crippen LogP contribution in [0, 0.1) is 11.3 Å². The Bertz CT molecular complexity index is 251. The summed E-state index contributed by atoms with van der Waals surface area (Å²) in [6.45, 7) is 7.91. The van der Waals surface area contributed by atoms with Crippen LogP contribution in [-0.2, 0) is 4.74 Å². The van der Waals surface area contributed by atoms with Crippen LogP contribution in [0.3, 0.4) is 0 Å². The molecule has 92 valence electrons. The Hall–Kier alpha value is -0.630. The van der Waals surface area contributed by atoms with E-state index in [1.54, 1.807) is 7.11 Å². The van der Waals surface area contributed by atoms with Gasteiger partial charge < -0.3 is 9.64 Å². The molecule has 1 saturated heterocycles. The molecule has 4 heteroatoms. The van der Waals surface area contributed by atoms with Gasteiger partial charge in [0, 0.05) is 26.7 Å². The van der Waals surface area contributed by atoms with Crippen LogP contribution in [0.5, 0.6) is 0 Å². The van der Waals surface area contributed by atoms with E-state index < -0.39 is 0 Å². The second kappa shape index (κ2) is 6.19. The quantitative estimate of drug-likeness (QED) is 0.732. The Balaban J connectivity index is 2.31. The molecule has 1 rings (SSSR count). The number of ether oxygens (including phenoxy) is 1. The third-order valence-electron chi connectivity index (χ3n) is 3.30. The van der Waals surface area contributed by atoms with E-state index in [1.807, 2.05) is 13.8 Å². The van der Waals surface area contributed by atoms with E-state index in [-0.39, 0.29) is 5.54 Å². The van der Waals surface area contributed by atoms with Gasteiger partial charge in [-0.25, -0.2) is 0 Å². The number of nitrogens with one attached hydrogen (secondary N) is 1. The second-order valence-electron chi connectivity index (χ2n) is 4.67. The van der Waals surface area contributed by atoms with E-state index >= 15 is 0 Å². The number of rotatable bonds is 6. The Kier molecular flexibility index (Phi) is 5.20. The SMILES string of the molecule is CCNC(C)(C#N)CCN1CCC(OC)C1. The second-order valence-corrected chi connectivity index (χ2v) is 4.67. The lowest BCUT2D eigenvalue weighted by atomic mass is 10.00. The molecule has 0 radical (unpaired) electrons. The zero-order valence-electron chi connectivity index (χ0n) is 10.6. The lowest BCUT2D eigenvalue weighted by Gasteiger charge is -2.25. The molecule has 0 aromatic carbocycles. The first-order valence-corrected chi connectivity index (χ1v) is 6.05. The van der Waals surface area contributed by atoms with Crippen molar-refractivity contribution in [1.29, 1.82) is 5.26 Å². The van der Waals surface area contributed by atoms with Crippen LogP contribution in [-0.4, -0.2) is 49.8 Å². The molecule has 0 aromatic rings. The van der Waals surface area contributed by atoms with Gasteiger partial charge in [-0.15, -0.1) is 0 Å². The fourth-order valence-corrected chi connectivity index (χ4v) is 2.15. The maximum Gasteiger partial charge on any atom is 0.105 e. The van der Waals surface area contributed by atoms with E-state index in [4.69, 9.17) is 10.00 Å². The van der Waals surface area contributed by atoms with Gasteiger partial charge >= 0.3 is 0 Å². The maximum atomic E-state index is 9.13. The third-order valence-corrected chi connectivity index (χ3v) is 3.30. The molecule has 1 N–H and O–H groups in total. The Morgan fingerprint density at radius 1 is 1.62 bits per heavy atom. The van der Waals surface area contributed by atoms with Crippen molar-refractivity contribution in [3.05, 3.63) is 0 Å². The molecule has 4 nitrogen and oxygen atoms in total. The molecule has 1 heterocycles. The molecule has 0 amide bonds. The molecule has 1 fully saturated rings. The molecule has 0 aromatic heterocycles. The molecule has 0 saturated carbocycles. The van der Waals surface area contributed by atoms with E-state index in [0.717, 1.165) is 39.0 Å². The smallest absolute Gasteiger partial charge is 0.105 e. The molecule has 16 heavy (non-hydrogen) atoms. The molecular formula is C12H23N3O. The van der Waals surface area contributed by atoms with Gasteiger partial charge in [-0.2, -0.15) is 5.26 Å². The molecular weight excluding hydrogens is 202 g/mol. The summed E-state index contributed by atoms with van der Waals surface area (Å²) in [5.74, 6) is 0. The average molecular weight is 225 g/mol. The first kappa shape index (κ1) is 13.4. The zero-order chi connectivity index (χ0) is 12.0. The lowest BCUT2D eigenvalue weighted by molar-refractivity contribution is 0.107. The summed E-state index contributed by atoms with van der Waals surface area (Å²) in [6.07, 6.45) is 2.36. The first-order chi connectivity index (χ1) is 7.63. The van der Waals surface area contributed by atoms with Crippen molar-refractivity contribution >= 4 is 0 Å². The lowest BCUT2D eigenvalue weighted by Crippen LogP contribution is -2.43. The van der Waals surface area contributed by atoms with E-state index in [1.165, 1.54) is 0 Å². The highest BCUT2D eigenvalue weighted by Crippen LogP contribution is 2.15. The van der Waals surface area contributed by atoms with Crippen molar-refractivity contribution in [2.24, 2.45) is 0 Å². The van der Waals surface area contributed by atoms with Crippen molar-refractivity contribution < 1.29 is 4.74 Å². The normalized spacial score (nSPS) is 25.2. The van der Waals surface area contributed by atoms with Gasteiger partial charge in [0.2, 0.25) is 0 Å². The molecule has 0 spiro atoms. The highest BCUT2D eigenvalue weighted by molar-refractivity contribution is 5.04. The largest absolute Gasteiger partial charge is 0.380 e. The van der Waals surface area contributed by atoms with Crippen molar-refractivity contribution in [2.45, 2.75) is 38.3 Å². The number of nitrogens with zero attached hydrogens (tertiary/aromatic N) is 2. The van der Waals surface area contributed by atoms with Gasteiger partial charge in [-0.1, -0.05) is 6.92 Å². The third kappa shape index (κ3) is 3.75. The highest BCUT2D eigenvalue weighted by atomic mass is 16.5. The number of hydrogen-bond donors (Lipinski definition) is 1. The van der Waals surface area contributed by atoms with E-state index in [2.05, 4.69) is 16.3 Å². The maximum absolute atomic E-state index is 9.13. The molecule has 1 aliphatic heterocycles.